The average molecular weight is 560 g/mol. The van der Waals surface area contributed by atoms with Gasteiger partial charge in [0.05, 0.1) is 11.9 Å². The highest BCUT2D eigenvalue weighted by Crippen LogP contribution is 2.39. The topological polar surface area (TPSA) is 114 Å². The lowest BCUT2D eigenvalue weighted by Gasteiger charge is -2.15. The van der Waals surface area contributed by atoms with E-state index in [2.05, 4.69) is 4.98 Å². The summed E-state index contributed by atoms with van der Waals surface area (Å²) in [6.45, 7) is 0.501. The fourth-order valence-corrected chi connectivity index (χ4v) is 5.45. The molecule has 3 heterocycles. The zero-order valence-electron chi connectivity index (χ0n) is 18.6. The monoisotopic (exact) mass is 559 g/mol. The number of nitrogens with zero attached hydrogens (tertiary/aromatic N) is 2. The first-order valence-electron chi connectivity index (χ1n) is 10.1. The van der Waals surface area contributed by atoms with Crippen LogP contribution in [0.3, 0.4) is 0 Å². The third kappa shape index (κ3) is 5.09. The van der Waals surface area contributed by atoms with Crippen molar-refractivity contribution in [3.63, 3.8) is 0 Å². The maximum atomic E-state index is 12.9. The number of aliphatic hydroxyl groups is 1. The maximum absolute atomic E-state index is 12.9. The Hall–Kier alpha value is -3.00. The smallest absolute Gasteiger partial charge is 0.416 e. The van der Waals surface area contributed by atoms with Crippen molar-refractivity contribution in [1.82, 2.24) is 14.5 Å². The molecule has 2 atom stereocenters. The van der Waals surface area contributed by atoms with E-state index in [1.807, 2.05) is 4.98 Å². The lowest BCUT2D eigenvalue weighted by molar-refractivity contribution is -0.207. The molecular weight excluding hydrogens is 543 g/mol. The number of hydrogen-bond donors (Lipinski definition) is 2. The standard InChI is InChI=1S/C22H17ClF3N3O5S2/c1-10-16-18(31)28-21(32)29(9-15(30)22(24,25)26)20(16)35-17(10)11-7-14(23)19(27-8-11)34-12-3-5-13(6-4-12)36(2)33/h3-8,15,30H,9H2,1-2H3,(H,28,31,32)/t15-,36?/m1/s1. The van der Waals surface area contributed by atoms with E-state index in [-0.39, 0.29) is 21.1 Å². The second-order valence-corrected chi connectivity index (χ2v) is 10.5. The molecule has 190 valence electrons. The molecule has 4 rings (SSSR count). The summed E-state index contributed by atoms with van der Waals surface area (Å²) in [6, 6.07) is 8.01. The molecule has 0 amide bonds. The molecule has 8 nitrogen and oxygen atoms in total. The second-order valence-electron chi connectivity index (χ2n) is 7.70. The average Bonchev–Trinajstić information content (AvgIpc) is 3.15. The van der Waals surface area contributed by atoms with Crippen LogP contribution >= 0.6 is 22.9 Å². The summed E-state index contributed by atoms with van der Waals surface area (Å²) in [5, 5.41) is 9.63. The molecule has 0 saturated carbocycles. The molecule has 2 N–H and O–H groups in total. The minimum atomic E-state index is -4.95. The number of aromatic amines is 1. The van der Waals surface area contributed by atoms with E-state index in [1.165, 1.54) is 12.3 Å². The predicted octanol–water partition coefficient (Wildman–Crippen LogP) is 4.23. The maximum Gasteiger partial charge on any atom is 0.416 e. The van der Waals surface area contributed by atoms with Crippen LogP contribution in [0.2, 0.25) is 5.02 Å². The molecule has 36 heavy (non-hydrogen) atoms. The normalized spacial score (nSPS) is 13.6. The molecular formula is C22H17ClF3N3O5S2. The van der Waals surface area contributed by atoms with Gasteiger partial charge in [0.1, 0.15) is 15.6 Å². The van der Waals surface area contributed by atoms with E-state index in [0.29, 0.717) is 31.2 Å². The lowest BCUT2D eigenvalue weighted by atomic mass is 10.1. The number of ether oxygens (including phenoxy) is 1. The molecule has 1 unspecified atom stereocenters. The molecule has 1 aromatic carbocycles. The molecule has 0 radical (unpaired) electrons. The van der Waals surface area contributed by atoms with Gasteiger partial charge < -0.3 is 9.84 Å². The highest BCUT2D eigenvalue weighted by atomic mass is 35.5. The van der Waals surface area contributed by atoms with Crippen molar-refractivity contribution in [3.8, 4) is 22.1 Å². The molecule has 0 saturated heterocycles. The molecule has 0 bridgehead atoms. The van der Waals surface area contributed by atoms with Crippen LogP contribution in [0.1, 0.15) is 5.56 Å². The number of halogens is 4. The molecule has 0 aliphatic carbocycles. The number of aliphatic hydroxyl groups excluding tert-OH is 1. The summed E-state index contributed by atoms with van der Waals surface area (Å²) in [5.74, 6) is 0.482. The fraction of sp³-hybridized carbons (Fsp3) is 0.227. The number of benzene rings is 1. The zero-order valence-corrected chi connectivity index (χ0v) is 20.9. The van der Waals surface area contributed by atoms with Gasteiger partial charge >= 0.3 is 11.9 Å². The van der Waals surface area contributed by atoms with Crippen molar-refractivity contribution in [3.05, 3.63) is 68.0 Å². The first kappa shape index (κ1) is 26.1. The van der Waals surface area contributed by atoms with Crippen molar-refractivity contribution >= 4 is 44.0 Å². The minimum absolute atomic E-state index is 0.0221. The largest absolute Gasteiger partial charge is 0.438 e. The first-order chi connectivity index (χ1) is 16.9. The van der Waals surface area contributed by atoms with Gasteiger partial charge in [-0.25, -0.2) is 9.78 Å². The van der Waals surface area contributed by atoms with Crippen molar-refractivity contribution in [2.75, 3.05) is 6.26 Å². The third-order valence-electron chi connectivity index (χ3n) is 5.24. The Labute approximate surface area is 212 Å². The summed E-state index contributed by atoms with van der Waals surface area (Å²) in [6.07, 6.45) is -4.78. The number of rotatable bonds is 6. The SMILES string of the molecule is Cc1c(-c2cnc(Oc3ccc(S(C)=O)cc3)c(Cl)c2)sc2c1c(=O)[nH]c(=O)n2C[C@@H](O)C(F)(F)F. The lowest BCUT2D eigenvalue weighted by Crippen LogP contribution is -2.38. The highest BCUT2D eigenvalue weighted by molar-refractivity contribution is 7.84. The summed E-state index contributed by atoms with van der Waals surface area (Å²) < 4.78 is 56.6. The Morgan fingerprint density at radius 3 is 2.53 bits per heavy atom. The summed E-state index contributed by atoms with van der Waals surface area (Å²) in [4.78, 5) is 32.0. The van der Waals surface area contributed by atoms with Crippen LogP contribution in [0.25, 0.3) is 20.7 Å². The Morgan fingerprint density at radius 1 is 1.28 bits per heavy atom. The number of aromatic nitrogens is 3. The molecule has 14 heteroatoms. The number of H-pyrrole nitrogens is 1. The van der Waals surface area contributed by atoms with Crippen molar-refractivity contribution in [1.29, 1.82) is 0 Å². The summed E-state index contributed by atoms with van der Waals surface area (Å²) in [7, 11) is -1.15. The van der Waals surface area contributed by atoms with E-state index in [4.69, 9.17) is 16.3 Å². The van der Waals surface area contributed by atoms with Gasteiger partial charge in [-0.15, -0.1) is 11.3 Å². The van der Waals surface area contributed by atoms with Crippen LogP contribution < -0.4 is 16.0 Å². The van der Waals surface area contributed by atoms with Gasteiger partial charge in [-0.05, 0) is 42.8 Å². The Bertz CT molecular complexity index is 1600. The Balaban J connectivity index is 1.73. The van der Waals surface area contributed by atoms with Crippen LogP contribution in [0, 0.1) is 6.92 Å². The van der Waals surface area contributed by atoms with Crippen LogP contribution in [-0.2, 0) is 17.3 Å². The van der Waals surface area contributed by atoms with Gasteiger partial charge in [0.15, 0.2) is 6.10 Å². The molecule has 0 spiro atoms. The first-order valence-corrected chi connectivity index (χ1v) is 12.9. The van der Waals surface area contributed by atoms with Crippen LogP contribution in [-0.4, -0.2) is 42.4 Å². The van der Waals surface area contributed by atoms with E-state index < -0.39 is 40.9 Å². The molecule has 0 aliphatic heterocycles. The highest BCUT2D eigenvalue weighted by Gasteiger charge is 2.39. The number of thiophene rings is 1. The fourth-order valence-electron chi connectivity index (χ4n) is 3.43. The Morgan fingerprint density at radius 2 is 1.94 bits per heavy atom. The Kier molecular flexibility index (Phi) is 7.10. The third-order valence-corrected chi connectivity index (χ3v) is 7.81. The summed E-state index contributed by atoms with van der Waals surface area (Å²) >= 11 is 7.26. The van der Waals surface area contributed by atoms with Gasteiger partial charge in [-0.2, -0.15) is 13.2 Å². The van der Waals surface area contributed by atoms with E-state index >= 15 is 0 Å². The molecule has 4 aromatic rings. The van der Waals surface area contributed by atoms with Crippen molar-refractivity contribution < 1.29 is 27.2 Å². The van der Waals surface area contributed by atoms with Gasteiger partial charge in [0.25, 0.3) is 5.56 Å². The van der Waals surface area contributed by atoms with Gasteiger partial charge in [0.2, 0.25) is 5.88 Å². The van der Waals surface area contributed by atoms with Gasteiger partial charge in [-0.3, -0.25) is 18.6 Å². The number of hydrogen-bond acceptors (Lipinski definition) is 7. The number of pyridine rings is 1. The van der Waals surface area contributed by atoms with Crippen LogP contribution in [0.15, 0.2) is 51.0 Å². The van der Waals surface area contributed by atoms with E-state index in [0.717, 1.165) is 11.3 Å². The molecule has 3 aromatic heterocycles. The predicted molar refractivity (Wildman–Crippen MR) is 131 cm³/mol. The summed E-state index contributed by atoms with van der Waals surface area (Å²) in [5.41, 5.74) is -0.983. The number of aryl methyl sites for hydroxylation is 1. The number of alkyl halides is 3. The quantitative estimate of drug-likeness (QED) is 0.365. The van der Waals surface area contributed by atoms with Crippen LogP contribution in [0.5, 0.6) is 11.6 Å². The molecule has 0 fully saturated rings. The number of nitrogens with one attached hydrogen (secondary N) is 1. The minimum Gasteiger partial charge on any atom is -0.438 e. The number of fused-ring (bicyclic) bond motifs is 1. The van der Waals surface area contributed by atoms with Crippen LogP contribution in [0.4, 0.5) is 13.2 Å². The molecule has 0 aliphatic rings. The van der Waals surface area contributed by atoms with E-state index in [1.54, 1.807) is 37.4 Å². The zero-order chi connectivity index (χ0) is 26.4. The van der Waals surface area contributed by atoms with E-state index in [9.17, 15) is 32.1 Å². The second kappa shape index (κ2) is 9.81. The van der Waals surface area contributed by atoms with Crippen molar-refractivity contribution in [2.24, 2.45) is 0 Å². The van der Waals surface area contributed by atoms with Gasteiger partial charge in [0, 0.05) is 38.6 Å². The van der Waals surface area contributed by atoms with Crippen molar-refractivity contribution in [2.45, 2.75) is 30.6 Å². The van der Waals surface area contributed by atoms with Gasteiger partial charge in [-0.1, -0.05) is 11.6 Å².